The molecule has 0 unspecified atom stereocenters. The summed E-state index contributed by atoms with van der Waals surface area (Å²) in [7, 11) is 0. The Morgan fingerprint density at radius 3 is 2.35 bits per heavy atom. The molecule has 1 aromatic carbocycles. The van der Waals surface area contributed by atoms with Gasteiger partial charge in [0, 0.05) is 5.69 Å². The number of carbonyl (C=O) groups is 1. The molecule has 0 bridgehead atoms. The zero-order valence-corrected chi connectivity index (χ0v) is 11.8. The number of aryl methyl sites for hydroxylation is 1. The van der Waals surface area contributed by atoms with Gasteiger partial charge in [-0.05, 0) is 57.2 Å². The maximum atomic E-state index is 11.9. The molecule has 0 atom stereocenters. The molecular formula is C15H17N3O2. The smallest absolute Gasteiger partial charge is 0.276 e. The molecule has 1 aromatic heterocycles. The SMILES string of the molecule is Cc1ccc(C(=O)Nc2ccc(OC(C)C)cc2)nn1. The van der Waals surface area contributed by atoms with Crippen molar-refractivity contribution in [3.05, 3.63) is 47.8 Å². The van der Waals surface area contributed by atoms with Gasteiger partial charge in [0.25, 0.3) is 5.91 Å². The standard InChI is InChI=1S/C15H17N3O2/c1-10(2)20-13-7-5-12(6-8-13)16-15(19)14-9-4-11(3)17-18-14/h4-10H,1-3H3,(H,16,19). The van der Waals surface area contributed by atoms with E-state index in [1.54, 1.807) is 24.3 Å². The van der Waals surface area contributed by atoms with Gasteiger partial charge in [-0.1, -0.05) is 0 Å². The number of hydrogen-bond donors (Lipinski definition) is 1. The third-order valence-corrected chi connectivity index (χ3v) is 2.51. The quantitative estimate of drug-likeness (QED) is 0.928. The van der Waals surface area contributed by atoms with Gasteiger partial charge in [-0.2, -0.15) is 5.10 Å². The van der Waals surface area contributed by atoms with Crippen LogP contribution in [0.3, 0.4) is 0 Å². The van der Waals surface area contributed by atoms with Crippen LogP contribution in [0, 0.1) is 6.92 Å². The van der Waals surface area contributed by atoms with Crippen LogP contribution in [0.2, 0.25) is 0 Å². The van der Waals surface area contributed by atoms with E-state index in [1.807, 2.05) is 32.9 Å². The third kappa shape index (κ3) is 3.78. The highest BCUT2D eigenvalue weighted by Crippen LogP contribution is 2.17. The summed E-state index contributed by atoms with van der Waals surface area (Å²) >= 11 is 0. The van der Waals surface area contributed by atoms with Crippen LogP contribution in [0.25, 0.3) is 0 Å². The Morgan fingerprint density at radius 1 is 1.10 bits per heavy atom. The van der Waals surface area contributed by atoms with Crippen molar-refractivity contribution in [1.29, 1.82) is 0 Å². The molecule has 2 rings (SSSR count). The summed E-state index contributed by atoms with van der Waals surface area (Å²) in [5.74, 6) is 0.489. The van der Waals surface area contributed by atoms with Gasteiger partial charge in [0.05, 0.1) is 11.8 Å². The number of amides is 1. The van der Waals surface area contributed by atoms with Gasteiger partial charge in [0.2, 0.25) is 0 Å². The highest BCUT2D eigenvalue weighted by molar-refractivity contribution is 6.02. The molecule has 0 radical (unpaired) electrons. The van der Waals surface area contributed by atoms with Crippen molar-refractivity contribution in [2.24, 2.45) is 0 Å². The predicted octanol–water partition coefficient (Wildman–Crippen LogP) is 2.82. The average Bonchev–Trinajstić information content (AvgIpc) is 2.41. The number of carbonyl (C=O) groups excluding carboxylic acids is 1. The van der Waals surface area contributed by atoms with Crippen LogP contribution in [0.5, 0.6) is 5.75 Å². The van der Waals surface area contributed by atoms with E-state index in [1.165, 1.54) is 0 Å². The minimum Gasteiger partial charge on any atom is -0.491 e. The molecular weight excluding hydrogens is 254 g/mol. The molecule has 20 heavy (non-hydrogen) atoms. The van der Waals surface area contributed by atoms with Crippen molar-refractivity contribution in [1.82, 2.24) is 10.2 Å². The van der Waals surface area contributed by atoms with Crippen molar-refractivity contribution in [2.75, 3.05) is 5.32 Å². The first kappa shape index (κ1) is 14.0. The average molecular weight is 271 g/mol. The van der Waals surface area contributed by atoms with Crippen molar-refractivity contribution in [3.8, 4) is 5.75 Å². The topological polar surface area (TPSA) is 64.1 Å². The fraction of sp³-hybridized carbons (Fsp3) is 0.267. The number of nitrogens with one attached hydrogen (secondary N) is 1. The summed E-state index contributed by atoms with van der Waals surface area (Å²) in [5.41, 5.74) is 1.75. The molecule has 0 aliphatic heterocycles. The lowest BCUT2D eigenvalue weighted by Gasteiger charge is -2.10. The fourth-order valence-electron chi connectivity index (χ4n) is 1.60. The van der Waals surface area contributed by atoms with Crippen LogP contribution in [-0.4, -0.2) is 22.2 Å². The number of rotatable bonds is 4. The summed E-state index contributed by atoms with van der Waals surface area (Å²) in [5, 5.41) is 10.5. The molecule has 0 aliphatic carbocycles. The molecule has 1 heterocycles. The van der Waals surface area contributed by atoms with Crippen LogP contribution in [0.15, 0.2) is 36.4 Å². The van der Waals surface area contributed by atoms with Gasteiger partial charge in [-0.15, -0.1) is 5.10 Å². The molecule has 5 nitrogen and oxygen atoms in total. The monoisotopic (exact) mass is 271 g/mol. The normalized spacial score (nSPS) is 10.4. The van der Waals surface area contributed by atoms with E-state index in [0.29, 0.717) is 5.69 Å². The number of aromatic nitrogens is 2. The van der Waals surface area contributed by atoms with Gasteiger partial charge < -0.3 is 10.1 Å². The lowest BCUT2D eigenvalue weighted by molar-refractivity contribution is 0.102. The Labute approximate surface area is 118 Å². The van der Waals surface area contributed by atoms with Gasteiger partial charge in [0.1, 0.15) is 5.75 Å². The zero-order chi connectivity index (χ0) is 14.5. The van der Waals surface area contributed by atoms with E-state index in [4.69, 9.17) is 4.74 Å². The van der Waals surface area contributed by atoms with E-state index in [9.17, 15) is 4.79 Å². The molecule has 1 amide bonds. The molecule has 1 N–H and O–H groups in total. The maximum absolute atomic E-state index is 11.9. The third-order valence-electron chi connectivity index (χ3n) is 2.51. The first-order valence-corrected chi connectivity index (χ1v) is 6.43. The largest absolute Gasteiger partial charge is 0.491 e. The Kier molecular flexibility index (Phi) is 4.30. The number of anilines is 1. The zero-order valence-electron chi connectivity index (χ0n) is 11.8. The minimum absolute atomic E-state index is 0.123. The number of nitrogens with zero attached hydrogens (tertiary/aromatic N) is 2. The molecule has 0 saturated heterocycles. The number of ether oxygens (including phenoxy) is 1. The second-order valence-corrected chi connectivity index (χ2v) is 4.71. The Morgan fingerprint density at radius 2 is 1.80 bits per heavy atom. The summed E-state index contributed by atoms with van der Waals surface area (Å²) in [6.45, 7) is 5.75. The molecule has 104 valence electrons. The van der Waals surface area contributed by atoms with Crippen LogP contribution in [-0.2, 0) is 0 Å². The Balaban J connectivity index is 2.02. The van der Waals surface area contributed by atoms with Crippen molar-refractivity contribution in [3.63, 3.8) is 0 Å². The second kappa shape index (κ2) is 6.14. The fourth-order valence-corrected chi connectivity index (χ4v) is 1.60. The summed E-state index contributed by atoms with van der Waals surface area (Å²) < 4.78 is 5.54. The second-order valence-electron chi connectivity index (χ2n) is 4.71. The van der Waals surface area contributed by atoms with E-state index < -0.39 is 0 Å². The van der Waals surface area contributed by atoms with Crippen molar-refractivity contribution < 1.29 is 9.53 Å². The van der Waals surface area contributed by atoms with E-state index in [0.717, 1.165) is 11.4 Å². The van der Waals surface area contributed by atoms with Gasteiger partial charge in [-0.25, -0.2) is 0 Å². The highest BCUT2D eigenvalue weighted by Gasteiger charge is 2.08. The van der Waals surface area contributed by atoms with Crippen molar-refractivity contribution in [2.45, 2.75) is 26.9 Å². The highest BCUT2D eigenvalue weighted by atomic mass is 16.5. The van der Waals surface area contributed by atoms with Crippen LogP contribution >= 0.6 is 0 Å². The molecule has 5 heteroatoms. The van der Waals surface area contributed by atoms with Crippen LogP contribution in [0.4, 0.5) is 5.69 Å². The van der Waals surface area contributed by atoms with Crippen LogP contribution in [0.1, 0.15) is 30.0 Å². The van der Waals surface area contributed by atoms with E-state index >= 15 is 0 Å². The lowest BCUT2D eigenvalue weighted by atomic mass is 10.2. The van der Waals surface area contributed by atoms with Crippen molar-refractivity contribution >= 4 is 11.6 Å². The summed E-state index contributed by atoms with van der Waals surface area (Å²) in [4.78, 5) is 11.9. The molecule has 2 aromatic rings. The predicted molar refractivity (Wildman–Crippen MR) is 76.9 cm³/mol. The van der Waals surface area contributed by atoms with Gasteiger partial charge in [-0.3, -0.25) is 4.79 Å². The lowest BCUT2D eigenvalue weighted by Crippen LogP contribution is -2.14. The molecule has 0 saturated carbocycles. The van der Waals surface area contributed by atoms with E-state index in [-0.39, 0.29) is 17.7 Å². The summed E-state index contributed by atoms with van der Waals surface area (Å²) in [6, 6.07) is 10.6. The number of benzene rings is 1. The Bertz CT molecular complexity index is 577. The Hall–Kier alpha value is -2.43. The minimum atomic E-state index is -0.282. The van der Waals surface area contributed by atoms with Crippen LogP contribution < -0.4 is 10.1 Å². The van der Waals surface area contributed by atoms with Gasteiger partial charge in [0.15, 0.2) is 5.69 Å². The molecule has 0 spiro atoms. The first-order chi connectivity index (χ1) is 9.54. The molecule has 0 fully saturated rings. The van der Waals surface area contributed by atoms with Gasteiger partial charge >= 0.3 is 0 Å². The maximum Gasteiger partial charge on any atom is 0.276 e. The van der Waals surface area contributed by atoms with E-state index in [2.05, 4.69) is 15.5 Å². The number of hydrogen-bond acceptors (Lipinski definition) is 4. The molecule has 0 aliphatic rings. The summed E-state index contributed by atoms with van der Waals surface area (Å²) in [6.07, 6.45) is 0.123. The first-order valence-electron chi connectivity index (χ1n) is 6.43.